The smallest absolute Gasteiger partial charge is 0.248 e. The van der Waals surface area contributed by atoms with Crippen molar-refractivity contribution in [2.45, 2.75) is 0 Å². The van der Waals surface area contributed by atoms with Crippen molar-refractivity contribution >= 4 is 32.9 Å². The summed E-state index contributed by atoms with van der Waals surface area (Å²) in [5, 5.41) is 0. The van der Waals surface area contributed by atoms with Gasteiger partial charge in [-0.3, -0.25) is 9.78 Å². The Bertz CT molecular complexity index is 819. The van der Waals surface area contributed by atoms with Crippen LogP contribution in [0.1, 0.15) is 10.4 Å². The largest absolute Gasteiger partial charge is 0.455 e. The van der Waals surface area contributed by atoms with E-state index in [4.69, 9.17) is 10.5 Å². The predicted molar refractivity (Wildman–Crippen MR) is 82.3 cm³/mol. The summed E-state index contributed by atoms with van der Waals surface area (Å²) in [5.41, 5.74) is 7.04. The molecule has 2 heterocycles. The van der Waals surface area contributed by atoms with Crippen LogP contribution in [-0.2, 0) is 0 Å². The molecule has 0 saturated carbocycles. The zero-order valence-electron chi connectivity index (χ0n) is 10.8. The van der Waals surface area contributed by atoms with Gasteiger partial charge in [-0.15, -0.1) is 0 Å². The summed E-state index contributed by atoms with van der Waals surface area (Å²) in [6.07, 6.45) is 3.34. The number of amides is 1. The van der Waals surface area contributed by atoms with Gasteiger partial charge in [0.1, 0.15) is 11.3 Å². The van der Waals surface area contributed by atoms with Crippen molar-refractivity contribution < 1.29 is 9.53 Å². The maximum atomic E-state index is 11.0. The minimum Gasteiger partial charge on any atom is -0.455 e. The molecule has 1 amide bonds. The lowest BCUT2D eigenvalue weighted by molar-refractivity contribution is 0.100. The molecule has 2 N–H and O–H groups in total. The molecule has 0 unspecified atom stereocenters. The Balaban J connectivity index is 1.96. The highest BCUT2D eigenvalue weighted by molar-refractivity contribution is 9.10. The van der Waals surface area contributed by atoms with Crippen molar-refractivity contribution in [2.24, 2.45) is 5.73 Å². The third-order valence-electron chi connectivity index (χ3n) is 2.87. The highest BCUT2D eigenvalue weighted by Gasteiger charge is 2.07. The fourth-order valence-electron chi connectivity index (χ4n) is 1.88. The number of primary amides is 1. The predicted octanol–water partition coefficient (Wildman–Crippen LogP) is 3.28. The lowest BCUT2D eigenvalue weighted by Gasteiger charge is -2.08. The summed E-state index contributed by atoms with van der Waals surface area (Å²) in [5.74, 6) is 0.721. The van der Waals surface area contributed by atoms with E-state index in [0.29, 0.717) is 22.6 Å². The molecule has 0 bridgehead atoms. The first-order chi connectivity index (χ1) is 10.1. The standard InChI is InChI=1S/C15H10BrN3O2/c16-10-7-12-14(19-8-10)13(5-6-18-12)21-11-3-1-9(2-4-11)15(17)20/h1-8H,(H2,17,20). The SMILES string of the molecule is NC(=O)c1ccc(Oc2ccnc3cc(Br)cnc23)cc1. The quantitative estimate of drug-likeness (QED) is 0.791. The number of carbonyl (C=O) groups is 1. The Labute approximate surface area is 128 Å². The third kappa shape index (κ3) is 2.85. The van der Waals surface area contributed by atoms with Crippen LogP contribution in [0.5, 0.6) is 11.5 Å². The molecule has 2 aromatic heterocycles. The van der Waals surface area contributed by atoms with Crippen LogP contribution >= 0.6 is 15.9 Å². The maximum absolute atomic E-state index is 11.0. The van der Waals surface area contributed by atoms with E-state index in [9.17, 15) is 4.79 Å². The molecule has 5 nitrogen and oxygen atoms in total. The molecule has 0 fully saturated rings. The monoisotopic (exact) mass is 343 g/mol. The van der Waals surface area contributed by atoms with Crippen molar-refractivity contribution in [3.05, 3.63) is 58.8 Å². The van der Waals surface area contributed by atoms with Gasteiger partial charge in [-0.1, -0.05) is 0 Å². The fourth-order valence-corrected chi connectivity index (χ4v) is 2.20. The number of pyridine rings is 2. The number of hydrogen-bond donors (Lipinski definition) is 1. The second-order valence-corrected chi connectivity index (χ2v) is 5.24. The maximum Gasteiger partial charge on any atom is 0.248 e. The van der Waals surface area contributed by atoms with Crippen LogP contribution in [0.4, 0.5) is 0 Å². The molecule has 0 atom stereocenters. The second-order valence-electron chi connectivity index (χ2n) is 4.32. The number of hydrogen-bond acceptors (Lipinski definition) is 4. The Morgan fingerprint density at radius 3 is 2.62 bits per heavy atom. The van der Waals surface area contributed by atoms with Gasteiger partial charge in [0, 0.05) is 28.5 Å². The van der Waals surface area contributed by atoms with Crippen molar-refractivity contribution in [3.8, 4) is 11.5 Å². The van der Waals surface area contributed by atoms with Crippen molar-refractivity contribution in [1.82, 2.24) is 9.97 Å². The summed E-state index contributed by atoms with van der Waals surface area (Å²) in [6, 6.07) is 10.2. The number of halogens is 1. The molecule has 0 aliphatic rings. The summed E-state index contributed by atoms with van der Waals surface area (Å²) in [7, 11) is 0. The Kier molecular flexibility index (Phi) is 3.53. The molecule has 0 aliphatic heterocycles. The van der Waals surface area contributed by atoms with Gasteiger partial charge in [0.25, 0.3) is 0 Å². The van der Waals surface area contributed by atoms with Gasteiger partial charge in [0.15, 0.2) is 5.75 Å². The van der Waals surface area contributed by atoms with E-state index in [1.807, 2.05) is 6.07 Å². The van der Waals surface area contributed by atoms with Gasteiger partial charge in [-0.2, -0.15) is 0 Å². The molecular formula is C15H10BrN3O2. The number of nitrogens with two attached hydrogens (primary N) is 1. The zero-order chi connectivity index (χ0) is 14.8. The first-order valence-electron chi connectivity index (χ1n) is 6.11. The fraction of sp³-hybridized carbons (Fsp3) is 0. The van der Waals surface area contributed by atoms with Crippen LogP contribution in [0.2, 0.25) is 0 Å². The number of benzene rings is 1. The van der Waals surface area contributed by atoms with E-state index >= 15 is 0 Å². The number of rotatable bonds is 3. The molecule has 1 aromatic carbocycles. The minimum absolute atomic E-state index is 0.434. The van der Waals surface area contributed by atoms with E-state index in [0.717, 1.165) is 9.99 Å². The van der Waals surface area contributed by atoms with E-state index < -0.39 is 5.91 Å². The highest BCUT2D eigenvalue weighted by Crippen LogP contribution is 2.28. The van der Waals surface area contributed by atoms with Crippen LogP contribution in [-0.4, -0.2) is 15.9 Å². The number of ether oxygens (including phenoxy) is 1. The number of aromatic nitrogens is 2. The van der Waals surface area contributed by atoms with Gasteiger partial charge in [0.05, 0.1) is 5.52 Å². The molecule has 0 radical (unpaired) electrons. The first kappa shape index (κ1) is 13.5. The molecule has 3 rings (SSSR count). The van der Waals surface area contributed by atoms with Crippen LogP contribution in [0, 0.1) is 0 Å². The van der Waals surface area contributed by atoms with E-state index in [-0.39, 0.29) is 0 Å². The van der Waals surface area contributed by atoms with Gasteiger partial charge in [0.2, 0.25) is 5.91 Å². The molecular weight excluding hydrogens is 334 g/mol. The first-order valence-corrected chi connectivity index (χ1v) is 6.91. The minimum atomic E-state index is -0.470. The Morgan fingerprint density at radius 2 is 1.90 bits per heavy atom. The van der Waals surface area contributed by atoms with Crippen molar-refractivity contribution in [2.75, 3.05) is 0 Å². The Morgan fingerprint density at radius 1 is 1.14 bits per heavy atom. The number of carbonyl (C=O) groups excluding carboxylic acids is 1. The third-order valence-corrected chi connectivity index (χ3v) is 3.31. The normalized spacial score (nSPS) is 10.5. The van der Waals surface area contributed by atoms with Crippen LogP contribution < -0.4 is 10.5 Å². The molecule has 0 aliphatic carbocycles. The molecule has 0 saturated heterocycles. The van der Waals surface area contributed by atoms with Gasteiger partial charge < -0.3 is 10.5 Å². The number of fused-ring (bicyclic) bond motifs is 1. The van der Waals surface area contributed by atoms with E-state index in [1.54, 1.807) is 42.7 Å². The van der Waals surface area contributed by atoms with E-state index in [2.05, 4.69) is 25.9 Å². The summed E-state index contributed by atoms with van der Waals surface area (Å²) >= 11 is 3.36. The molecule has 6 heteroatoms. The average Bonchev–Trinajstić information content (AvgIpc) is 2.47. The Hall–Kier alpha value is -2.47. The molecule has 21 heavy (non-hydrogen) atoms. The molecule has 104 valence electrons. The summed E-state index contributed by atoms with van der Waals surface area (Å²) in [4.78, 5) is 19.6. The van der Waals surface area contributed by atoms with Crippen LogP contribution in [0.15, 0.2) is 53.3 Å². The number of nitrogens with zero attached hydrogens (tertiary/aromatic N) is 2. The molecule has 3 aromatic rings. The van der Waals surface area contributed by atoms with Gasteiger partial charge in [-0.25, -0.2) is 4.98 Å². The lowest BCUT2D eigenvalue weighted by Crippen LogP contribution is -2.10. The molecule has 0 spiro atoms. The zero-order valence-corrected chi connectivity index (χ0v) is 12.4. The topological polar surface area (TPSA) is 78.1 Å². The van der Waals surface area contributed by atoms with E-state index in [1.165, 1.54) is 0 Å². The van der Waals surface area contributed by atoms with Gasteiger partial charge in [-0.05, 0) is 46.3 Å². The summed E-state index contributed by atoms with van der Waals surface area (Å²) < 4.78 is 6.65. The summed E-state index contributed by atoms with van der Waals surface area (Å²) in [6.45, 7) is 0. The van der Waals surface area contributed by atoms with Crippen molar-refractivity contribution in [3.63, 3.8) is 0 Å². The van der Waals surface area contributed by atoms with Crippen molar-refractivity contribution in [1.29, 1.82) is 0 Å². The lowest BCUT2D eigenvalue weighted by atomic mass is 10.2. The average molecular weight is 344 g/mol. The van der Waals surface area contributed by atoms with Crippen LogP contribution in [0.25, 0.3) is 11.0 Å². The second kappa shape index (κ2) is 5.49. The van der Waals surface area contributed by atoms with Crippen LogP contribution in [0.3, 0.4) is 0 Å². The van der Waals surface area contributed by atoms with Gasteiger partial charge >= 0.3 is 0 Å². The highest BCUT2D eigenvalue weighted by atomic mass is 79.9.